The molecule has 5 nitrogen and oxygen atoms in total. The molecule has 0 radical (unpaired) electrons. The lowest BCUT2D eigenvalue weighted by Gasteiger charge is -2.32. The fourth-order valence-electron chi connectivity index (χ4n) is 2.56. The summed E-state index contributed by atoms with van der Waals surface area (Å²) in [5.74, 6) is -0.704. The van der Waals surface area contributed by atoms with Gasteiger partial charge in [0.15, 0.2) is 5.82 Å². The van der Waals surface area contributed by atoms with E-state index in [4.69, 9.17) is 27.9 Å². The highest BCUT2D eigenvalue weighted by molar-refractivity contribution is 6.36. The summed E-state index contributed by atoms with van der Waals surface area (Å²) in [5, 5.41) is 0.794. The number of carbonyl (C=O) groups excluding carboxylic acids is 1. The molecule has 1 unspecified atom stereocenters. The van der Waals surface area contributed by atoms with E-state index in [1.165, 1.54) is 0 Å². The SMILES string of the molecule is O=C(c1ccc(Cl)cc1Cl)N1CCCC(Oc2ncc(F)cn2)C1. The van der Waals surface area contributed by atoms with Crippen LogP contribution in [0.15, 0.2) is 30.6 Å². The monoisotopic (exact) mass is 369 g/mol. The summed E-state index contributed by atoms with van der Waals surface area (Å²) in [6, 6.07) is 4.88. The van der Waals surface area contributed by atoms with Gasteiger partial charge in [-0.25, -0.2) is 14.4 Å². The van der Waals surface area contributed by atoms with Crippen LogP contribution in [-0.4, -0.2) is 40.0 Å². The average molecular weight is 370 g/mol. The Labute approximate surface area is 148 Å². The number of nitrogens with zero attached hydrogens (tertiary/aromatic N) is 3. The summed E-state index contributed by atoms with van der Waals surface area (Å²) < 4.78 is 18.5. The molecular weight excluding hydrogens is 356 g/mol. The standard InChI is InChI=1S/C16H14Cl2FN3O2/c17-10-3-4-13(14(18)6-10)15(23)22-5-1-2-12(9-22)24-16-20-7-11(19)8-21-16/h3-4,6-8,12H,1-2,5,9H2. The Morgan fingerprint density at radius 3 is 2.75 bits per heavy atom. The lowest BCUT2D eigenvalue weighted by molar-refractivity contribution is 0.0515. The molecule has 0 aliphatic carbocycles. The lowest BCUT2D eigenvalue weighted by Crippen LogP contribution is -2.44. The molecule has 0 bridgehead atoms. The molecule has 8 heteroatoms. The third-order valence-electron chi connectivity index (χ3n) is 3.70. The van der Waals surface area contributed by atoms with Crippen molar-refractivity contribution in [2.24, 2.45) is 0 Å². The first-order valence-corrected chi connectivity index (χ1v) is 8.17. The molecule has 1 aliphatic rings. The molecule has 3 rings (SSSR count). The van der Waals surface area contributed by atoms with Gasteiger partial charge in [0.25, 0.3) is 5.91 Å². The maximum atomic E-state index is 12.8. The van der Waals surface area contributed by atoms with Crippen LogP contribution in [0, 0.1) is 5.82 Å². The van der Waals surface area contributed by atoms with Gasteiger partial charge in [0.05, 0.1) is 29.5 Å². The number of benzene rings is 1. The largest absolute Gasteiger partial charge is 0.458 e. The Bertz CT molecular complexity index is 743. The van der Waals surface area contributed by atoms with E-state index in [1.54, 1.807) is 23.1 Å². The van der Waals surface area contributed by atoms with E-state index < -0.39 is 5.82 Å². The van der Waals surface area contributed by atoms with Crippen molar-refractivity contribution in [2.45, 2.75) is 18.9 Å². The fraction of sp³-hybridized carbons (Fsp3) is 0.312. The molecule has 1 atom stereocenters. The van der Waals surface area contributed by atoms with E-state index in [2.05, 4.69) is 9.97 Å². The summed E-state index contributed by atoms with van der Waals surface area (Å²) in [7, 11) is 0. The lowest BCUT2D eigenvalue weighted by atomic mass is 10.1. The zero-order valence-electron chi connectivity index (χ0n) is 12.6. The third kappa shape index (κ3) is 3.94. The number of ether oxygens (including phenoxy) is 1. The molecule has 1 fully saturated rings. The van der Waals surface area contributed by atoms with Gasteiger partial charge in [-0.1, -0.05) is 23.2 Å². The number of rotatable bonds is 3. The van der Waals surface area contributed by atoms with Crippen LogP contribution < -0.4 is 4.74 Å². The second kappa shape index (κ2) is 7.32. The van der Waals surface area contributed by atoms with Crippen molar-refractivity contribution < 1.29 is 13.9 Å². The Morgan fingerprint density at radius 2 is 2.04 bits per heavy atom. The summed E-state index contributed by atoms with van der Waals surface area (Å²) in [6.07, 6.45) is 3.38. The zero-order chi connectivity index (χ0) is 17.1. The highest BCUT2D eigenvalue weighted by Crippen LogP contribution is 2.24. The molecule has 1 aromatic heterocycles. The number of aromatic nitrogens is 2. The molecule has 1 aromatic carbocycles. The number of carbonyl (C=O) groups is 1. The van der Waals surface area contributed by atoms with Gasteiger partial charge in [-0.05, 0) is 31.0 Å². The summed E-state index contributed by atoms with van der Waals surface area (Å²) in [6.45, 7) is 1.00. The van der Waals surface area contributed by atoms with Crippen LogP contribution >= 0.6 is 23.2 Å². The third-order valence-corrected chi connectivity index (χ3v) is 4.24. The van der Waals surface area contributed by atoms with E-state index in [0.717, 1.165) is 25.2 Å². The topological polar surface area (TPSA) is 55.3 Å². The minimum absolute atomic E-state index is 0.0974. The first-order chi connectivity index (χ1) is 11.5. The zero-order valence-corrected chi connectivity index (χ0v) is 14.1. The number of likely N-dealkylation sites (tertiary alicyclic amines) is 1. The molecule has 0 N–H and O–H groups in total. The summed E-state index contributed by atoms with van der Waals surface area (Å²) in [5.41, 5.74) is 0.403. The minimum atomic E-state index is -0.528. The number of amides is 1. The van der Waals surface area contributed by atoms with Crippen molar-refractivity contribution in [3.05, 3.63) is 52.0 Å². The number of hydrogen-bond acceptors (Lipinski definition) is 4. The number of halogens is 3. The van der Waals surface area contributed by atoms with Crippen LogP contribution in [0.4, 0.5) is 4.39 Å². The molecular formula is C16H14Cl2FN3O2. The van der Waals surface area contributed by atoms with E-state index >= 15 is 0 Å². The molecule has 24 heavy (non-hydrogen) atoms. The van der Waals surface area contributed by atoms with Crippen LogP contribution in [-0.2, 0) is 0 Å². The molecule has 2 aromatic rings. The van der Waals surface area contributed by atoms with Crippen molar-refractivity contribution >= 4 is 29.1 Å². The van der Waals surface area contributed by atoms with E-state index in [1.807, 2.05) is 0 Å². The first-order valence-electron chi connectivity index (χ1n) is 7.41. The molecule has 126 valence electrons. The van der Waals surface area contributed by atoms with Gasteiger partial charge >= 0.3 is 6.01 Å². The average Bonchev–Trinajstić information content (AvgIpc) is 2.57. The summed E-state index contributed by atoms with van der Waals surface area (Å²) in [4.78, 5) is 21.9. The Kier molecular flexibility index (Phi) is 5.16. The molecule has 0 saturated carbocycles. The molecule has 1 saturated heterocycles. The predicted molar refractivity (Wildman–Crippen MR) is 88.0 cm³/mol. The van der Waals surface area contributed by atoms with Crippen LogP contribution in [0.2, 0.25) is 10.0 Å². The van der Waals surface area contributed by atoms with Crippen molar-refractivity contribution in [1.29, 1.82) is 0 Å². The van der Waals surface area contributed by atoms with Gasteiger partial charge in [-0.2, -0.15) is 0 Å². The van der Waals surface area contributed by atoms with Crippen molar-refractivity contribution in [2.75, 3.05) is 13.1 Å². The van der Waals surface area contributed by atoms with Gasteiger partial charge in [0.1, 0.15) is 6.10 Å². The van der Waals surface area contributed by atoms with Crippen LogP contribution in [0.25, 0.3) is 0 Å². The molecule has 0 spiro atoms. The van der Waals surface area contributed by atoms with E-state index in [0.29, 0.717) is 28.7 Å². The van der Waals surface area contributed by atoms with Gasteiger partial charge < -0.3 is 9.64 Å². The van der Waals surface area contributed by atoms with Crippen molar-refractivity contribution in [1.82, 2.24) is 14.9 Å². The normalized spacial score (nSPS) is 17.6. The van der Waals surface area contributed by atoms with Crippen LogP contribution in [0.5, 0.6) is 6.01 Å². The Hall–Kier alpha value is -1.92. The maximum Gasteiger partial charge on any atom is 0.316 e. The highest BCUT2D eigenvalue weighted by atomic mass is 35.5. The maximum absolute atomic E-state index is 12.8. The molecule has 1 amide bonds. The van der Waals surface area contributed by atoms with Gasteiger partial charge in [-0.3, -0.25) is 4.79 Å². The second-order valence-corrected chi connectivity index (χ2v) is 6.28. The number of hydrogen-bond donors (Lipinski definition) is 0. The van der Waals surface area contributed by atoms with Gasteiger partial charge in [0, 0.05) is 11.6 Å². The minimum Gasteiger partial charge on any atom is -0.458 e. The van der Waals surface area contributed by atoms with E-state index in [9.17, 15) is 9.18 Å². The molecule has 1 aliphatic heterocycles. The predicted octanol–water partition coefficient (Wildman–Crippen LogP) is 3.61. The van der Waals surface area contributed by atoms with E-state index in [-0.39, 0.29) is 18.0 Å². The van der Waals surface area contributed by atoms with Gasteiger partial charge in [-0.15, -0.1) is 0 Å². The van der Waals surface area contributed by atoms with Crippen LogP contribution in [0.1, 0.15) is 23.2 Å². The first kappa shape index (κ1) is 16.9. The fourth-order valence-corrected chi connectivity index (χ4v) is 3.05. The quantitative estimate of drug-likeness (QED) is 0.829. The molecule has 2 heterocycles. The second-order valence-electron chi connectivity index (χ2n) is 5.44. The Balaban J connectivity index is 1.68. The summed E-state index contributed by atoms with van der Waals surface area (Å²) >= 11 is 12.0. The highest BCUT2D eigenvalue weighted by Gasteiger charge is 2.27. The smallest absolute Gasteiger partial charge is 0.316 e. The van der Waals surface area contributed by atoms with Crippen molar-refractivity contribution in [3.63, 3.8) is 0 Å². The number of piperidine rings is 1. The Morgan fingerprint density at radius 1 is 1.29 bits per heavy atom. The van der Waals surface area contributed by atoms with Gasteiger partial charge in [0.2, 0.25) is 0 Å². The van der Waals surface area contributed by atoms with Crippen LogP contribution in [0.3, 0.4) is 0 Å². The van der Waals surface area contributed by atoms with Crippen molar-refractivity contribution in [3.8, 4) is 6.01 Å².